The number of hydrogen-bond donors (Lipinski definition) is 1. The molecule has 0 spiro atoms. The number of halogens is 2. The molecular weight excluding hydrogens is 364 g/mol. The fraction of sp³-hybridized carbons (Fsp3) is 0.333. The molecular formula is C12H12BrClN4O3. The number of ether oxygens (including phenoxy) is 1. The summed E-state index contributed by atoms with van der Waals surface area (Å²) in [4.78, 5) is 10.8. The summed E-state index contributed by atoms with van der Waals surface area (Å²) in [7, 11) is 1.45. The lowest BCUT2D eigenvalue weighted by atomic mass is 10.2. The predicted octanol–water partition coefficient (Wildman–Crippen LogP) is 2.25. The van der Waals surface area contributed by atoms with Gasteiger partial charge in [0, 0.05) is 17.1 Å². The van der Waals surface area contributed by atoms with Crippen molar-refractivity contribution in [2.45, 2.75) is 19.1 Å². The summed E-state index contributed by atoms with van der Waals surface area (Å²) in [6, 6.07) is 5.41. The number of benzene rings is 1. The van der Waals surface area contributed by atoms with Gasteiger partial charge in [0.15, 0.2) is 5.82 Å². The highest BCUT2D eigenvalue weighted by atomic mass is 79.9. The highest BCUT2D eigenvalue weighted by molar-refractivity contribution is 9.10. The summed E-state index contributed by atoms with van der Waals surface area (Å²) in [6.45, 7) is 0.216. The molecule has 0 aliphatic heterocycles. The van der Waals surface area contributed by atoms with Crippen LogP contribution in [0.2, 0.25) is 5.02 Å². The minimum atomic E-state index is -0.947. The van der Waals surface area contributed by atoms with Crippen LogP contribution in [0.15, 0.2) is 22.7 Å². The van der Waals surface area contributed by atoms with E-state index in [1.807, 2.05) is 12.1 Å². The molecule has 1 heterocycles. The topological polar surface area (TPSA) is 90.1 Å². The minimum absolute atomic E-state index is 0.137. The molecule has 0 amide bonds. The Morgan fingerprint density at radius 2 is 2.33 bits per heavy atom. The van der Waals surface area contributed by atoms with E-state index in [9.17, 15) is 4.79 Å². The van der Waals surface area contributed by atoms with Gasteiger partial charge in [0.2, 0.25) is 0 Å². The molecule has 21 heavy (non-hydrogen) atoms. The quantitative estimate of drug-likeness (QED) is 0.833. The van der Waals surface area contributed by atoms with Gasteiger partial charge in [0.05, 0.1) is 24.1 Å². The standard InChI is InChI=1S/C12H12BrClN4O3/c1-21-7(5-10(19)20)6-18-12(15-16-17-18)8-3-2-4-9(13)11(8)14/h2-4,7H,5-6H2,1H3,(H,19,20). The maximum atomic E-state index is 10.8. The van der Waals surface area contributed by atoms with Crippen molar-refractivity contribution in [1.29, 1.82) is 0 Å². The minimum Gasteiger partial charge on any atom is -0.481 e. The fourth-order valence-electron chi connectivity index (χ4n) is 1.81. The highest BCUT2D eigenvalue weighted by Gasteiger charge is 2.19. The normalized spacial score (nSPS) is 12.3. The zero-order valence-corrected chi connectivity index (χ0v) is 13.4. The van der Waals surface area contributed by atoms with Crippen LogP contribution in [0.25, 0.3) is 11.4 Å². The molecule has 112 valence electrons. The van der Waals surface area contributed by atoms with Crippen LogP contribution in [0.1, 0.15) is 6.42 Å². The Hall–Kier alpha value is -1.51. The van der Waals surface area contributed by atoms with Gasteiger partial charge in [-0.3, -0.25) is 4.79 Å². The molecule has 0 saturated heterocycles. The number of tetrazole rings is 1. The van der Waals surface area contributed by atoms with E-state index in [0.717, 1.165) is 4.47 Å². The second-order valence-electron chi connectivity index (χ2n) is 4.24. The van der Waals surface area contributed by atoms with E-state index in [2.05, 4.69) is 31.5 Å². The van der Waals surface area contributed by atoms with Crippen molar-refractivity contribution in [3.63, 3.8) is 0 Å². The Balaban J connectivity index is 2.30. The number of carboxylic acid groups (broad SMARTS) is 1. The fourth-order valence-corrected chi connectivity index (χ4v) is 2.38. The first-order valence-corrected chi connectivity index (χ1v) is 7.15. The molecule has 1 unspecified atom stereocenters. The Labute approximate surface area is 134 Å². The van der Waals surface area contributed by atoms with Crippen LogP contribution in [-0.4, -0.2) is 44.5 Å². The first-order valence-electron chi connectivity index (χ1n) is 5.98. The summed E-state index contributed by atoms with van der Waals surface area (Å²) in [5, 5.41) is 20.8. The Morgan fingerprint density at radius 3 is 3.00 bits per heavy atom. The first kappa shape index (κ1) is 15.9. The molecule has 1 atom stereocenters. The van der Waals surface area contributed by atoms with Gasteiger partial charge in [0.25, 0.3) is 0 Å². The lowest BCUT2D eigenvalue weighted by molar-refractivity contribution is -0.139. The average molecular weight is 376 g/mol. The summed E-state index contributed by atoms with van der Waals surface area (Å²) < 4.78 is 7.34. The number of methoxy groups -OCH3 is 1. The zero-order chi connectivity index (χ0) is 15.4. The van der Waals surface area contributed by atoms with Crippen molar-refractivity contribution in [3.05, 3.63) is 27.7 Å². The van der Waals surface area contributed by atoms with Crippen LogP contribution >= 0.6 is 27.5 Å². The molecule has 7 nitrogen and oxygen atoms in total. The maximum absolute atomic E-state index is 10.8. The molecule has 2 rings (SSSR count). The molecule has 9 heteroatoms. The second-order valence-corrected chi connectivity index (χ2v) is 5.47. The van der Waals surface area contributed by atoms with Gasteiger partial charge in [-0.1, -0.05) is 17.7 Å². The van der Waals surface area contributed by atoms with Crippen LogP contribution in [0.3, 0.4) is 0 Å². The van der Waals surface area contributed by atoms with Gasteiger partial charge in [0.1, 0.15) is 0 Å². The molecule has 0 aliphatic carbocycles. The third-order valence-corrected chi connectivity index (χ3v) is 4.13. The van der Waals surface area contributed by atoms with Crippen LogP contribution in [-0.2, 0) is 16.1 Å². The van der Waals surface area contributed by atoms with E-state index in [0.29, 0.717) is 16.4 Å². The monoisotopic (exact) mass is 374 g/mol. The Bertz CT molecular complexity index is 649. The van der Waals surface area contributed by atoms with E-state index in [1.165, 1.54) is 11.8 Å². The van der Waals surface area contributed by atoms with Crippen molar-refractivity contribution in [2.24, 2.45) is 0 Å². The summed E-state index contributed by atoms with van der Waals surface area (Å²) in [5.41, 5.74) is 0.654. The van der Waals surface area contributed by atoms with Crippen LogP contribution < -0.4 is 0 Å². The van der Waals surface area contributed by atoms with Crippen LogP contribution in [0.5, 0.6) is 0 Å². The number of rotatable bonds is 6. The molecule has 0 fully saturated rings. The first-order chi connectivity index (χ1) is 10.0. The maximum Gasteiger partial charge on any atom is 0.306 e. The molecule has 0 bridgehead atoms. The van der Waals surface area contributed by atoms with Gasteiger partial charge in [-0.15, -0.1) is 5.10 Å². The number of carboxylic acids is 1. The lowest BCUT2D eigenvalue weighted by Crippen LogP contribution is -2.23. The highest BCUT2D eigenvalue weighted by Crippen LogP contribution is 2.32. The number of hydrogen-bond acceptors (Lipinski definition) is 5. The molecule has 0 aliphatic rings. The third kappa shape index (κ3) is 3.78. The number of nitrogens with zero attached hydrogens (tertiary/aromatic N) is 4. The number of carbonyl (C=O) groups is 1. The van der Waals surface area contributed by atoms with Crippen molar-refractivity contribution in [1.82, 2.24) is 20.2 Å². The van der Waals surface area contributed by atoms with Crippen molar-refractivity contribution in [3.8, 4) is 11.4 Å². The second kappa shape index (κ2) is 6.97. The molecule has 1 N–H and O–H groups in total. The van der Waals surface area contributed by atoms with Crippen LogP contribution in [0.4, 0.5) is 0 Å². The van der Waals surface area contributed by atoms with E-state index < -0.39 is 12.1 Å². The lowest BCUT2D eigenvalue weighted by Gasteiger charge is -2.14. The predicted molar refractivity (Wildman–Crippen MR) is 79.0 cm³/mol. The largest absolute Gasteiger partial charge is 0.481 e. The van der Waals surface area contributed by atoms with Crippen molar-refractivity contribution in [2.75, 3.05) is 7.11 Å². The van der Waals surface area contributed by atoms with E-state index in [4.69, 9.17) is 21.4 Å². The van der Waals surface area contributed by atoms with Gasteiger partial charge in [-0.2, -0.15) is 0 Å². The Morgan fingerprint density at radius 1 is 1.57 bits per heavy atom. The SMILES string of the molecule is COC(CC(=O)O)Cn1nnnc1-c1cccc(Br)c1Cl. The zero-order valence-electron chi connectivity index (χ0n) is 11.0. The van der Waals surface area contributed by atoms with Crippen molar-refractivity contribution >= 4 is 33.5 Å². The van der Waals surface area contributed by atoms with Crippen LogP contribution in [0, 0.1) is 0 Å². The summed E-state index contributed by atoms with van der Waals surface area (Å²) >= 11 is 9.57. The molecule has 0 radical (unpaired) electrons. The Kier molecular flexibility index (Phi) is 5.27. The number of aromatic nitrogens is 4. The smallest absolute Gasteiger partial charge is 0.306 e. The van der Waals surface area contributed by atoms with E-state index in [1.54, 1.807) is 6.07 Å². The van der Waals surface area contributed by atoms with E-state index >= 15 is 0 Å². The third-order valence-electron chi connectivity index (χ3n) is 2.84. The van der Waals surface area contributed by atoms with Gasteiger partial charge >= 0.3 is 5.97 Å². The van der Waals surface area contributed by atoms with Gasteiger partial charge in [-0.25, -0.2) is 4.68 Å². The average Bonchev–Trinajstić information content (AvgIpc) is 2.88. The molecule has 1 aromatic heterocycles. The molecule has 1 aromatic carbocycles. The van der Waals surface area contributed by atoms with Gasteiger partial charge in [-0.05, 0) is 38.5 Å². The van der Waals surface area contributed by atoms with E-state index in [-0.39, 0.29) is 13.0 Å². The summed E-state index contributed by atoms with van der Waals surface area (Å²) in [6.07, 6.45) is -0.669. The van der Waals surface area contributed by atoms with Crippen molar-refractivity contribution < 1.29 is 14.6 Å². The van der Waals surface area contributed by atoms with Gasteiger partial charge < -0.3 is 9.84 Å². The summed E-state index contributed by atoms with van der Waals surface area (Å²) in [5.74, 6) is -0.495. The number of aliphatic carboxylic acids is 1. The molecule has 2 aromatic rings. The molecule has 0 saturated carbocycles.